The largest absolute Gasteiger partial charge is 0.489 e. The van der Waals surface area contributed by atoms with Gasteiger partial charge in [-0.2, -0.15) is 0 Å². The van der Waals surface area contributed by atoms with E-state index in [0.717, 1.165) is 22.4 Å². The van der Waals surface area contributed by atoms with Gasteiger partial charge < -0.3 is 10.1 Å². The van der Waals surface area contributed by atoms with Gasteiger partial charge in [-0.3, -0.25) is 4.79 Å². The van der Waals surface area contributed by atoms with Gasteiger partial charge in [0.2, 0.25) is 0 Å². The average Bonchev–Trinajstić information content (AvgIpc) is 2.66. The maximum Gasteiger partial charge on any atom is 0.251 e. The van der Waals surface area contributed by atoms with Crippen LogP contribution in [0.3, 0.4) is 0 Å². The van der Waals surface area contributed by atoms with Crippen molar-refractivity contribution in [3.05, 3.63) is 101 Å². The second-order valence-electron chi connectivity index (χ2n) is 5.92. The van der Waals surface area contributed by atoms with Crippen LogP contribution in [-0.4, -0.2) is 5.91 Å². The smallest absolute Gasteiger partial charge is 0.251 e. The van der Waals surface area contributed by atoms with E-state index in [1.807, 2.05) is 85.8 Å². The van der Waals surface area contributed by atoms with Crippen molar-refractivity contribution in [3.63, 3.8) is 0 Å². The number of nitrogens with one attached hydrogen (secondary N) is 1. The molecular formula is C22H21NO2. The first-order valence-electron chi connectivity index (χ1n) is 8.32. The molecule has 0 fully saturated rings. The molecule has 3 nitrogen and oxygen atoms in total. The van der Waals surface area contributed by atoms with Crippen LogP contribution in [0.25, 0.3) is 0 Å². The number of aryl methyl sites for hydroxylation is 1. The van der Waals surface area contributed by atoms with Crippen LogP contribution in [0.15, 0.2) is 78.9 Å². The molecule has 0 saturated carbocycles. The summed E-state index contributed by atoms with van der Waals surface area (Å²) in [6, 6.07) is 25.3. The summed E-state index contributed by atoms with van der Waals surface area (Å²) < 4.78 is 5.83. The standard InChI is InChI=1S/C22H21NO2/c1-17-8-7-11-18(14-17)22(24)23-15-19-9-5-6-10-20(19)16-25-21-12-3-2-4-13-21/h2-14H,15-16H2,1H3,(H,23,24). The first kappa shape index (κ1) is 16.8. The van der Waals surface area contributed by atoms with Crippen molar-refractivity contribution in [3.8, 4) is 5.75 Å². The molecule has 0 aliphatic rings. The van der Waals surface area contributed by atoms with E-state index in [1.54, 1.807) is 0 Å². The number of para-hydroxylation sites is 1. The van der Waals surface area contributed by atoms with E-state index in [0.29, 0.717) is 18.7 Å². The number of benzene rings is 3. The lowest BCUT2D eigenvalue weighted by molar-refractivity contribution is 0.0950. The maximum absolute atomic E-state index is 12.3. The van der Waals surface area contributed by atoms with Gasteiger partial charge in [-0.25, -0.2) is 0 Å². The lowest BCUT2D eigenvalue weighted by Crippen LogP contribution is -2.23. The first-order chi connectivity index (χ1) is 12.2. The van der Waals surface area contributed by atoms with Crippen molar-refractivity contribution in [1.29, 1.82) is 0 Å². The van der Waals surface area contributed by atoms with Crippen molar-refractivity contribution in [1.82, 2.24) is 5.32 Å². The molecule has 3 heteroatoms. The van der Waals surface area contributed by atoms with E-state index in [9.17, 15) is 4.79 Å². The summed E-state index contributed by atoms with van der Waals surface area (Å²) in [6.45, 7) is 2.93. The number of rotatable bonds is 6. The highest BCUT2D eigenvalue weighted by molar-refractivity contribution is 5.94. The molecule has 25 heavy (non-hydrogen) atoms. The average molecular weight is 331 g/mol. The van der Waals surface area contributed by atoms with Gasteiger partial charge in [-0.1, -0.05) is 60.2 Å². The molecule has 1 N–H and O–H groups in total. The van der Waals surface area contributed by atoms with Crippen molar-refractivity contribution in [2.75, 3.05) is 0 Å². The Labute approximate surface area is 148 Å². The van der Waals surface area contributed by atoms with Gasteiger partial charge >= 0.3 is 0 Å². The van der Waals surface area contributed by atoms with Crippen molar-refractivity contribution < 1.29 is 9.53 Å². The molecule has 0 radical (unpaired) electrons. The monoisotopic (exact) mass is 331 g/mol. The fourth-order valence-electron chi connectivity index (χ4n) is 2.61. The molecule has 0 aromatic heterocycles. The molecular weight excluding hydrogens is 310 g/mol. The highest BCUT2D eigenvalue weighted by Gasteiger charge is 2.08. The molecule has 0 spiro atoms. The number of hydrogen-bond acceptors (Lipinski definition) is 2. The minimum absolute atomic E-state index is 0.0671. The van der Waals surface area contributed by atoms with Gasteiger partial charge in [-0.05, 0) is 42.3 Å². The molecule has 0 atom stereocenters. The molecule has 0 heterocycles. The number of hydrogen-bond donors (Lipinski definition) is 1. The van der Waals surface area contributed by atoms with Crippen LogP contribution in [0.4, 0.5) is 0 Å². The lowest BCUT2D eigenvalue weighted by Gasteiger charge is -2.12. The Morgan fingerprint density at radius 3 is 2.36 bits per heavy atom. The van der Waals surface area contributed by atoms with Crippen LogP contribution in [0.1, 0.15) is 27.0 Å². The van der Waals surface area contributed by atoms with Crippen LogP contribution < -0.4 is 10.1 Å². The molecule has 0 aliphatic heterocycles. The van der Waals surface area contributed by atoms with Crippen LogP contribution in [0, 0.1) is 6.92 Å². The number of ether oxygens (including phenoxy) is 1. The third kappa shape index (κ3) is 4.70. The van der Waals surface area contributed by atoms with E-state index < -0.39 is 0 Å². The molecule has 0 saturated heterocycles. The zero-order chi connectivity index (χ0) is 17.5. The summed E-state index contributed by atoms with van der Waals surface area (Å²) in [7, 11) is 0. The van der Waals surface area contributed by atoms with Crippen LogP contribution in [0.2, 0.25) is 0 Å². The predicted octanol–water partition coefficient (Wildman–Crippen LogP) is 4.50. The topological polar surface area (TPSA) is 38.3 Å². The first-order valence-corrected chi connectivity index (χ1v) is 8.32. The summed E-state index contributed by atoms with van der Waals surface area (Å²) >= 11 is 0. The molecule has 3 aromatic carbocycles. The van der Waals surface area contributed by atoms with Crippen LogP contribution >= 0.6 is 0 Å². The van der Waals surface area contributed by atoms with Crippen molar-refractivity contribution in [2.45, 2.75) is 20.1 Å². The van der Waals surface area contributed by atoms with Crippen molar-refractivity contribution in [2.24, 2.45) is 0 Å². The van der Waals surface area contributed by atoms with Gasteiger partial charge in [0.25, 0.3) is 5.91 Å². The number of carbonyl (C=O) groups is 1. The summed E-state index contributed by atoms with van der Waals surface area (Å²) in [5.41, 5.74) is 3.87. The fourth-order valence-corrected chi connectivity index (χ4v) is 2.61. The Bertz CT molecular complexity index is 843. The molecule has 3 aromatic rings. The predicted molar refractivity (Wildman–Crippen MR) is 99.6 cm³/mol. The third-order valence-electron chi connectivity index (χ3n) is 3.98. The van der Waals surface area contributed by atoms with Gasteiger partial charge in [0.1, 0.15) is 12.4 Å². The van der Waals surface area contributed by atoms with E-state index in [4.69, 9.17) is 4.74 Å². The Hall–Kier alpha value is -3.07. The second kappa shape index (κ2) is 8.15. The van der Waals surface area contributed by atoms with Crippen LogP contribution in [-0.2, 0) is 13.2 Å². The molecule has 0 bridgehead atoms. The highest BCUT2D eigenvalue weighted by atomic mass is 16.5. The summed E-state index contributed by atoms with van der Waals surface area (Å²) in [5, 5.41) is 2.99. The summed E-state index contributed by atoms with van der Waals surface area (Å²) in [6.07, 6.45) is 0. The highest BCUT2D eigenvalue weighted by Crippen LogP contribution is 2.15. The minimum atomic E-state index is -0.0671. The quantitative estimate of drug-likeness (QED) is 0.722. The van der Waals surface area contributed by atoms with Crippen molar-refractivity contribution >= 4 is 5.91 Å². The van der Waals surface area contributed by atoms with E-state index in [1.165, 1.54) is 0 Å². The molecule has 0 aliphatic carbocycles. The summed E-state index contributed by atoms with van der Waals surface area (Å²) in [5.74, 6) is 0.767. The van der Waals surface area contributed by atoms with E-state index >= 15 is 0 Å². The molecule has 1 amide bonds. The zero-order valence-electron chi connectivity index (χ0n) is 14.2. The Kier molecular flexibility index (Phi) is 5.47. The Morgan fingerprint density at radius 1 is 0.880 bits per heavy atom. The van der Waals surface area contributed by atoms with Gasteiger partial charge in [0.15, 0.2) is 0 Å². The Balaban J connectivity index is 1.63. The Morgan fingerprint density at radius 2 is 1.60 bits per heavy atom. The fraction of sp³-hybridized carbons (Fsp3) is 0.136. The lowest BCUT2D eigenvalue weighted by atomic mass is 10.1. The van der Waals surface area contributed by atoms with Gasteiger partial charge in [-0.15, -0.1) is 0 Å². The van der Waals surface area contributed by atoms with E-state index in [2.05, 4.69) is 5.32 Å². The number of carbonyl (C=O) groups excluding carboxylic acids is 1. The maximum atomic E-state index is 12.3. The van der Waals surface area contributed by atoms with Gasteiger partial charge in [0, 0.05) is 12.1 Å². The normalized spacial score (nSPS) is 10.3. The molecule has 3 rings (SSSR count). The van der Waals surface area contributed by atoms with E-state index in [-0.39, 0.29) is 5.91 Å². The van der Waals surface area contributed by atoms with Gasteiger partial charge in [0.05, 0.1) is 0 Å². The van der Waals surface area contributed by atoms with Crippen LogP contribution in [0.5, 0.6) is 5.75 Å². The minimum Gasteiger partial charge on any atom is -0.489 e. The SMILES string of the molecule is Cc1cccc(C(=O)NCc2ccccc2COc2ccccc2)c1. The molecule has 0 unspecified atom stereocenters. The number of amides is 1. The second-order valence-corrected chi connectivity index (χ2v) is 5.92. The third-order valence-corrected chi connectivity index (χ3v) is 3.98. The zero-order valence-corrected chi connectivity index (χ0v) is 14.2. The molecule has 126 valence electrons. The summed E-state index contributed by atoms with van der Waals surface area (Å²) in [4.78, 5) is 12.3.